The zero-order valence-corrected chi connectivity index (χ0v) is 14.9. The van der Waals surface area contributed by atoms with Crippen molar-refractivity contribution < 1.29 is 4.79 Å². The second-order valence-electron chi connectivity index (χ2n) is 6.21. The van der Waals surface area contributed by atoms with Gasteiger partial charge in [0, 0.05) is 11.6 Å². The predicted octanol–water partition coefficient (Wildman–Crippen LogP) is 4.24. The molecule has 1 aromatic heterocycles. The van der Waals surface area contributed by atoms with E-state index < -0.39 is 0 Å². The quantitative estimate of drug-likeness (QED) is 0.530. The molecule has 3 aromatic carbocycles. The Labute approximate surface area is 161 Å². The Bertz CT molecular complexity index is 1230. The van der Waals surface area contributed by atoms with Crippen LogP contribution in [0.4, 0.5) is 5.69 Å². The lowest BCUT2D eigenvalue weighted by Gasteiger charge is -2.10. The first-order valence-corrected chi connectivity index (χ1v) is 8.83. The highest BCUT2D eigenvalue weighted by Crippen LogP contribution is 2.25. The molecular formula is C23H17N3O2. The summed E-state index contributed by atoms with van der Waals surface area (Å²) in [5, 5.41) is 3.39. The van der Waals surface area contributed by atoms with Gasteiger partial charge >= 0.3 is 0 Å². The van der Waals surface area contributed by atoms with Crippen molar-refractivity contribution in [2.45, 2.75) is 0 Å². The number of benzene rings is 3. The van der Waals surface area contributed by atoms with Gasteiger partial charge in [-0.1, -0.05) is 54.6 Å². The molecule has 4 rings (SSSR count). The van der Waals surface area contributed by atoms with Crippen LogP contribution < -0.4 is 10.9 Å². The van der Waals surface area contributed by atoms with E-state index in [4.69, 9.17) is 0 Å². The Kier molecular flexibility index (Phi) is 4.80. The van der Waals surface area contributed by atoms with Crippen molar-refractivity contribution in [2.24, 2.45) is 0 Å². The molecule has 0 atom stereocenters. The molecule has 2 N–H and O–H groups in total. The van der Waals surface area contributed by atoms with Crippen molar-refractivity contribution in [3.8, 4) is 11.4 Å². The van der Waals surface area contributed by atoms with Crippen LogP contribution in [0.3, 0.4) is 0 Å². The number of rotatable bonds is 4. The van der Waals surface area contributed by atoms with E-state index in [2.05, 4.69) is 15.3 Å². The topological polar surface area (TPSA) is 74.8 Å². The third-order valence-corrected chi connectivity index (χ3v) is 4.28. The first-order chi connectivity index (χ1) is 13.7. The van der Waals surface area contributed by atoms with Crippen molar-refractivity contribution in [1.82, 2.24) is 9.97 Å². The van der Waals surface area contributed by atoms with E-state index in [-0.39, 0.29) is 11.5 Å². The molecule has 28 heavy (non-hydrogen) atoms. The van der Waals surface area contributed by atoms with Gasteiger partial charge < -0.3 is 10.3 Å². The zero-order valence-electron chi connectivity index (χ0n) is 14.9. The van der Waals surface area contributed by atoms with Crippen LogP contribution in [0.1, 0.15) is 5.56 Å². The van der Waals surface area contributed by atoms with Crippen molar-refractivity contribution in [1.29, 1.82) is 0 Å². The van der Waals surface area contributed by atoms with E-state index in [1.165, 1.54) is 6.08 Å². The molecule has 0 aliphatic carbocycles. The minimum absolute atomic E-state index is 0.217. The fourth-order valence-corrected chi connectivity index (χ4v) is 2.92. The number of nitrogens with one attached hydrogen (secondary N) is 2. The first kappa shape index (κ1) is 17.4. The van der Waals surface area contributed by atoms with Gasteiger partial charge in [-0.3, -0.25) is 9.59 Å². The van der Waals surface area contributed by atoms with Gasteiger partial charge in [0.2, 0.25) is 5.91 Å². The molecule has 1 amide bonds. The molecule has 0 saturated heterocycles. The molecule has 0 aliphatic rings. The van der Waals surface area contributed by atoms with E-state index in [1.807, 2.05) is 54.6 Å². The Morgan fingerprint density at radius 1 is 0.893 bits per heavy atom. The van der Waals surface area contributed by atoms with Gasteiger partial charge in [0.05, 0.1) is 16.6 Å². The van der Waals surface area contributed by atoms with E-state index in [0.29, 0.717) is 28.0 Å². The van der Waals surface area contributed by atoms with Crippen LogP contribution in [0.25, 0.3) is 28.4 Å². The summed E-state index contributed by atoms with van der Waals surface area (Å²) < 4.78 is 0. The number of fused-ring (bicyclic) bond motifs is 1. The normalized spacial score (nSPS) is 11.0. The highest BCUT2D eigenvalue weighted by molar-refractivity contribution is 6.04. The molecule has 0 fully saturated rings. The number of amides is 1. The molecule has 0 saturated carbocycles. The molecule has 0 bridgehead atoms. The monoisotopic (exact) mass is 367 g/mol. The SMILES string of the molecule is O=C(/C=C/c1ccccc1)Nc1ccccc1-c1nc2ccccc2c(=O)[nH]1. The Morgan fingerprint density at radius 2 is 1.61 bits per heavy atom. The number of aromatic amines is 1. The second kappa shape index (κ2) is 7.72. The summed E-state index contributed by atoms with van der Waals surface area (Å²) in [6, 6.07) is 24.0. The van der Waals surface area contributed by atoms with Gasteiger partial charge in [0.1, 0.15) is 5.82 Å². The highest BCUT2D eigenvalue weighted by atomic mass is 16.1. The number of H-pyrrole nitrogens is 1. The largest absolute Gasteiger partial charge is 0.322 e. The summed E-state index contributed by atoms with van der Waals surface area (Å²) in [7, 11) is 0. The lowest BCUT2D eigenvalue weighted by atomic mass is 10.1. The van der Waals surface area contributed by atoms with Crippen molar-refractivity contribution >= 4 is 28.6 Å². The number of para-hydroxylation sites is 2. The summed E-state index contributed by atoms with van der Waals surface area (Å²) in [6.07, 6.45) is 3.22. The molecule has 136 valence electrons. The molecule has 4 aromatic rings. The second-order valence-corrected chi connectivity index (χ2v) is 6.21. The average Bonchev–Trinajstić information content (AvgIpc) is 2.73. The molecule has 0 radical (unpaired) electrons. The van der Waals surface area contributed by atoms with Crippen LogP contribution in [0.2, 0.25) is 0 Å². The molecule has 5 heteroatoms. The maximum absolute atomic E-state index is 12.4. The van der Waals surface area contributed by atoms with E-state index >= 15 is 0 Å². The van der Waals surface area contributed by atoms with Crippen LogP contribution in [0, 0.1) is 0 Å². The lowest BCUT2D eigenvalue weighted by Crippen LogP contribution is -2.12. The van der Waals surface area contributed by atoms with Crippen LogP contribution in [0.15, 0.2) is 89.7 Å². The molecular weight excluding hydrogens is 350 g/mol. The van der Waals surface area contributed by atoms with Crippen LogP contribution in [-0.4, -0.2) is 15.9 Å². The molecule has 5 nitrogen and oxygen atoms in total. The number of nitrogens with zero attached hydrogens (tertiary/aromatic N) is 1. The Morgan fingerprint density at radius 3 is 2.46 bits per heavy atom. The maximum atomic E-state index is 12.4. The van der Waals surface area contributed by atoms with Gasteiger partial charge in [-0.05, 0) is 35.9 Å². The number of aromatic nitrogens is 2. The van der Waals surface area contributed by atoms with Crippen molar-refractivity contribution in [3.05, 3.63) is 101 Å². The van der Waals surface area contributed by atoms with Crippen LogP contribution in [-0.2, 0) is 4.79 Å². The van der Waals surface area contributed by atoms with E-state index in [9.17, 15) is 9.59 Å². The highest BCUT2D eigenvalue weighted by Gasteiger charge is 2.11. The number of anilines is 1. The summed E-state index contributed by atoms with van der Waals surface area (Å²) >= 11 is 0. The lowest BCUT2D eigenvalue weighted by molar-refractivity contribution is -0.111. The van der Waals surface area contributed by atoms with Crippen LogP contribution in [0.5, 0.6) is 0 Å². The zero-order chi connectivity index (χ0) is 19.3. The Balaban J connectivity index is 1.65. The molecule has 0 aliphatic heterocycles. The Hall–Kier alpha value is -3.99. The minimum Gasteiger partial charge on any atom is -0.322 e. The first-order valence-electron chi connectivity index (χ1n) is 8.83. The molecule has 0 unspecified atom stereocenters. The third kappa shape index (κ3) is 3.73. The summed E-state index contributed by atoms with van der Waals surface area (Å²) in [5.74, 6) is 0.145. The smallest absolute Gasteiger partial charge is 0.259 e. The average molecular weight is 367 g/mol. The number of hydrogen-bond donors (Lipinski definition) is 2. The fraction of sp³-hybridized carbons (Fsp3) is 0. The van der Waals surface area contributed by atoms with Gasteiger partial charge in [0.15, 0.2) is 0 Å². The number of hydrogen-bond acceptors (Lipinski definition) is 3. The molecule has 1 heterocycles. The van der Waals surface area contributed by atoms with Gasteiger partial charge in [0.25, 0.3) is 5.56 Å². The fourth-order valence-electron chi connectivity index (χ4n) is 2.92. The molecule has 0 spiro atoms. The van der Waals surface area contributed by atoms with Crippen molar-refractivity contribution in [2.75, 3.05) is 5.32 Å². The van der Waals surface area contributed by atoms with E-state index in [0.717, 1.165) is 5.56 Å². The summed E-state index contributed by atoms with van der Waals surface area (Å²) in [4.78, 5) is 32.1. The summed E-state index contributed by atoms with van der Waals surface area (Å²) in [5.41, 5.74) is 2.54. The third-order valence-electron chi connectivity index (χ3n) is 4.28. The van der Waals surface area contributed by atoms with Crippen molar-refractivity contribution in [3.63, 3.8) is 0 Å². The number of carbonyl (C=O) groups excluding carboxylic acids is 1. The standard InChI is InChI=1S/C23H17N3O2/c27-21(15-14-16-8-2-1-3-9-16)24-19-12-6-4-10-17(19)22-25-20-13-7-5-11-18(20)23(28)26-22/h1-15H,(H,24,27)(H,25,26,28)/b15-14+. The maximum Gasteiger partial charge on any atom is 0.259 e. The van der Waals surface area contributed by atoms with Gasteiger partial charge in [-0.15, -0.1) is 0 Å². The summed E-state index contributed by atoms with van der Waals surface area (Å²) in [6.45, 7) is 0. The minimum atomic E-state index is -0.264. The van der Waals surface area contributed by atoms with E-state index in [1.54, 1.807) is 30.3 Å². The van der Waals surface area contributed by atoms with Gasteiger partial charge in [-0.25, -0.2) is 4.98 Å². The number of carbonyl (C=O) groups is 1. The van der Waals surface area contributed by atoms with Crippen LogP contribution >= 0.6 is 0 Å². The van der Waals surface area contributed by atoms with Gasteiger partial charge in [-0.2, -0.15) is 0 Å². The predicted molar refractivity (Wildman–Crippen MR) is 112 cm³/mol.